The van der Waals surface area contributed by atoms with Crippen LogP contribution in [0.5, 0.6) is 5.75 Å². The zero-order chi connectivity index (χ0) is 24.6. The van der Waals surface area contributed by atoms with Gasteiger partial charge in [0, 0.05) is 6.61 Å². The topological polar surface area (TPSA) is 101 Å². The predicted octanol–water partition coefficient (Wildman–Crippen LogP) is 3.28. The number of carbonyl (C=O) groups is 3. The van der Waals surface area contributed by atoms with Gasteiger partial charge in [0.1, 0.15) is 17.8 Å². The van der Waals surface area contributed by atoms with Crippen molar-refractivity contribution in [1.29, 1.82) is 0 Å². The summed E-state index contributed by atoms with van der Waals surface area (Å²) < 4.78 is 11.9. The van der Waals surface area contributed by atoms with Crippen LogP contribution in [0.1, 0.15) is 25.3 Å². The number of carbonyl (C=O) groups excluding carboxylic acids is 3. The molecule has 2 saturated heterocycles. The Labute approximate surface area is 206 Å². The third-order valence-electron chi connectivity index (χ3n) is 6.46. The van der Waals surface area contributed by atoms with Crippen molar-refractivity contribution in [2.75, 3.05) is 31.7 Å². The van der Waals surface area contributed by atoms with Crippen LogP contribution in [0.4, 0.5) is 9.93 Å². The quantitative estimate of drug-likeness (QED) is 0.506. The van der Waals surface area contributed by atoms with Crippen molar-refractivity contribution in [2.24, 2.45) is 0 Å². The smallest absolute Gasteiger partial charge is 0.325 e. The molecule has 35 heavy (non-hydrogen) atoms. The second-order valence-electron chi connectivity index (χ2n) is 8.78. The van der Waals surface area contributed by atoms with Gasteiger partial charge < -0.3 is 14.8 Å². The van der Waals surface area contributed by atoms with Crippen molar-refractivity contribution < 1.29 is 23.9 Å². The first-order valence-electron chi connectivity index (χ1n) is 11.5. The molecule has 2 atom stereocenters. The van der Waals surface area contributed by atoms with Crippen molar-refractivity contribution in [3.05, 3.63) is 54.1 Å². The lowest BCUT2D eigenvalue weighted by Crippen LogP contribution is -2.46. The molecule has 4 amide bonds. The number of benzene rings is 2. The minimum atomic E-state index is -1.28. The van der Waals surface area contributed by atoms with E-state index in [1.807, 2.05) is 24.3 Å². The van der Waals surface area contributed by atoms with Gasteiger partial charge in [-0.25, -0.2) is 9.78 Å². The van der Waals surface area contributed by atoms with Gasteiger partial charge in [-0.1, -0.05) is 35.6 Å². The summed E-state index contributed by atoms with van der Waals surface area (Å²) in [6, 6.07) is 14.0. The molecule has 3 heterocycles. The first-order chi connectivity index (χ1) is 16.9. The summed E-state index contributed by atoms with van der Waals surface area (Å²) in [5, 5.41) is 3.28. The number of fused-ring (bicyclic) bond motifs is 1. The van der Waals surface area contributed by atoms with Crippen LogP contribution >= 0.6 is 11.3 Å². The van der Waals surface area contributed by atoms with Gasteiger partial charge in [-0.2, -0.15) is 0 Å². The highest BCUT2D eigenvalue weighted by atomic mass is 32.1. The lowest BCUT2D eigenvalue weighted by molar-refractivity contribution is -0.134. The SMILES string of the molecule is COc1ccc(C2(C)NC(=O)N(CC(=O)N(CC3CCCO3)c3nc4ccccc4s3)C2=O)cc1. The van der Waals surface area contributed by atoms with Crippen LogP contribution < -0.4 is 15.0 Å². The number of aromatic nitrogens is 1. The van der Waals surface area contributed by atoms with E-state index in [9.17, 15) is 14.4 Å². The lowest BCUT2D eigenvalue weighted by Gasteiger charge is -2.25. The third-order valence-corrected chi connectivity index (χ3v) is 7.52. The Balaban J connectivity index is 1.39. The highest BCUT2D eigenvalue weighted by Gasteiger charge is 2.50. The van der Waals surface area contributed by atoms with Gasteiger partial charge in [0.25, 0.3) is 5.91 Å². The van der Waals surface area contributed by atoms with E-state index >= 15 is 0 Å². The zero-order valence-electron chi connectivity index (χ0n) is 19.5. The second-order valence-corrected chi connectivity index (χ2v) is 9.79. The Hall–Kier alpha value is -3.50. The van der Waals surface area contributed by atoms with Gasteiger partial charge in [-0.3, -0.25) is 19.4 Å². The molecule has 0 aliphatic carbocycles. The number of anilines is 1. The van der Waals surface area contributed by atoms with Gasteiger partial charge in [0.05, 0.1) is 30.0 Å². The molecule has 2 aliphatic heterocycles. The molecule has 5 rings (SSSR count). The van der Waals surface area contributed by atoms with Crippen molar-refractivity contribution in [3.63, 3.8) is 0 Å². The third kappa shape index (κ3) is 4.35. The number of amides is 4. The summed E-state index contributed by atoms with van der Waals surface area (Å²) in [6.45, 7) is 2.22. The maximum absolute atomic E-state index is 13.5. The monoisotopic (exact) mass is 494 g/mol. The number of nitrogens with one attached hydrogen (secondary N) is 1. The molecule has 2 fully saturated rings. The van der Waals surface area contributed by atoms with E-state index in [0.717, 1.165) is 28.0 Å². The zero-order valence-corrected chi connectivity index (χ0v) is 20.3. The number of ether oxygens (including phenoxy) is 2. The van der Waals surface area contributed by atoms with Crippen molar-refractivity contribution >= 4 is 44.5 Å². The summed E-state index contributed by atoms with van der Waals surface area (Å²) >= 11 is 1.40. The summed E-state index contributed by atoms with van der Waals surface area (Å²) in [5.41, 5.74) is 0.118. The number of nitrogens with zero attached hydrogens (tertiary/aromatic N) is 3. The molecular formula is C25H26N4O5S. The Bertz CT molecular complexity index is 1240. The van der Waals surface area contributed by atoms with Gasteiger partial charge in [-0.05, 0) is 49.6 Å². The van der Waals surface area contributed by atoms with Crippen LogP contribution in [-0.2, 0) is 19.9 Å². The summed E-state index contributed by atoms with van der Waals surface area (Å²) in [6.07, 6.45) is 1.66. The number of imide groups is 1. The van der Waals surface area contributed by atoms with Crippen LogP contribution in [0.25, 0.3) is 10.2 Å². The van der Waals surface area contributed by atoms with Crippen LogP contribution in [0.3, 0.4) is 0 Å². The number of rotatable bonds is 7. The molecule has 0 bridgehead atoms. The average molecular weight is 495 g/mol. The number of urea groups is 1. The molecule has 1 N–H and O–H groups in total. The van der Waals surface area contributed by atoms with E-state index in [1.54, 1.807) is 43.2 Å². The molecule has 182 valence electrons. The second kappa shape index (κ2) is 9.27. The molecular weight excluding hydrogens is 468 g/mol. The van der Waals surface area contributed by atoms with Crippen molar-refractivity contribution in [2.45, 2.75) is 31.4 Å². The highest BCUT2D eigenvalue weighted by molar-refractivity contribution is 7.22. The minimum Gasteiger partial charge on any atom is -0.497 e. The standard InChI is InChI=1S/C25H26N4O5S/c1-25(16-9-11-17(33-2)12-10-16)22(31)29(23(32)27-25)15-21(30)28(14-18-6-5-13-34-18)24-26-19-7-3-4-8-20(19)35-24/h3-4,7-12,18H,5-6,13-15H2,1-2H3,(H,27,32). The number of para-hydroxylation sites is 1. The van der Waals surface area contributed by atoms with Crippen LogP contribution in [0.15, 0.2) is 48.5 Å². The van der Waals surface area contributed by atoms with E-state index in [1.165, 1.54) is 11.3 Å². The number of thiazole rings is 1. The Kier molecular flexibility index (Phi) is 6.16. The lowest BCUT2D eigenvalue weighted by atomic mass is 9.92. The molecule has 0 spiro atoms. The fourth-order valence-electron chi connectivity index (χ4n) is 4.44. The molecule has 0 radical (unpaired) electrons. The fourth-order valence-corrected chi connectivity index (χ4v) is 5.43. The summed E-state index contributed by atoms with van der Waals surface area (Å²) in [4.78, 5) is 46.9. The number of hydrogen-bond donors (Lipinski definition) is 1. The van der Waals surface area contributed by atoms with Gasteiger partial charge in [0.2, 0.25) is 5.91 Å². The van der Waals surface area contributed by atoms with E-state index in [-0.39, 0.29) is 18.6 Å². The Morgan fingerprint density at radius 3 is 2.71 bits per heavy atom. The fraction of sp³-hybridized carbons (Fsp3) is 0.360. The molecule has 0 saturated carbocycles. The first-order valence-corrected chi connectivity index (χ1v) is 12.3. The minimum absolute atomic E-state index is 0.112. The predicted molar refractivity (Wildman–Crippen MR) is 132 cm³/mol. The molecule has 2 aromatic carbocycles. The Morgan fingerprint density at radius 1 is 1.26 bits per heavy atom. The highest BCUT2D eigenvalue weighted by Crippen LogP contribution is 2.32. The van der Waals surface area contributed by atoms with Crippen LogP contribution in [0.2, 0.25) is 0 Å². The largest absolute Gasteiger partial charge is 0.497 e. The van der Waals surface area contributed by atoms with Gasteiger partial charge in [-0.15, -0.1) is 0 Å². The summed E-state index contributed by atoms with van der Waals surface area (Å²) in [7, 11) is 1.56. The molecule has 10 heteroatoms. The molecule has 3 aromatic rings. The number of hydrogen-bond acceptors (Lipinski definition) is 7. The molecule has 1 aromatic heterocycles. The van der Waals surface area contributed by atoms with Crippen LogP contribution in [-0.4, -0.2) is 60.6 Å². The van der Waals surface area contributed by atoms with Crippen molar-refractivity contribution in [3.8, 4) is 5.75 Å². The molecule has 2 unspecified atom stereocenters. The molecule has 9 nitrogen and oxygen atoms in total. The van der Waals surface area contributed by atoms with Gasteiger partial charge >= 0.3 is 6.03 Å². The normalized spacial score (nSPS) is 22.0. The Morgan fingerprint density at radius 2 is 2.03 bits per heavy atom. The van der Waals surface area contributed by atoms with E-state index in [4.69, 9.17) is 9.47 Å². The number of methoxy groups -OCH3 is 1. The summed E-state index contributed by atoms with van der Waals surface area (Å²) in [5.74, 6) is -0.230. The first kappa shape index (κ1) is 23.3. The molecule has 2 aliphatic rings. The van der Waals surface area contributed by atoms with E-state index in [2.05, 4.69) is 10.3 Å². The van der Waals surface area contributed by atoms with E-state index < -0.39 is 17.5 Å². The van der Waals surface area contributed by atoms with Crippen LogP contribution in [0, 0.1) is 0 Å². The van der Waals surface area contributed by atoms with Crippen molar-refractivity contribution in [1.82, 2.24) is 15.2 Å². The maximum atomic E-state index is 13.5. The maximum Gasteiger partial charge on any atom is 0.325 e. The van der Waals surface area contributed by atoms with Gasteiger partial charge in [0.15, 0.2) is 5.13 Å². The average Bonchev–Trinajstić information content (AvgIpc) is 3.58. The van der Waals surface area contributed by atoms with E-state index in [0.29, 0.717) is 29.6 Å².